The molecule has 1 aliphatic heterocycles. The van der Waals surface area contributed by atoms with Crippen molar-refractivity contribution in [3.8, 4) is 5.75 Å². The van der Waals surface area contributed by atoms with Crippen molar-refractivity contribution in [2.45, 2.75) is 20.3 Å². The molecule has 2 amide bonds. The van der Waals surface area contributed by atoms with Crippen LogP contribution in [0.3, 0.4) is 0 Å². The summed E-state index contributed by atoms with van der Waals surface area (Å²) in [6, 6.07) is 23.3. The summed E-state index contributed by atoms with van der Waals surface area (Å²) in [5.41, 5.74) is 4.09. The molecule has 0 aromatic heterocycles. The maximum Gasteiger partial charge on any atom is 0.253 e. The third-order valence-corrected chi connectivity index (χ3v) is 6.45. The fourth-order valence-electron chi connectivity index (χ4n) is 4.53. The van der Waals surface area contributed by atoms with Gasteiger partial charge in [-0.1, -0.05) is 56.3 Å². The second-order valence-corrected chi connectivity index (χ2v) is 9.69. The fraction of sp³-hybridized carbons (Fsp3) is 0.333. The zero-order chi connectivity index (χ0) is 26.2. The first-order valence-corrected chi connectivity index (χ1v) is 12.8. The highest BCUT2D eigenvalue weighted by atomic mass is 16.5. The van der Waals surface area contributed by atoms with Gasteiger partial charge in [0.15, 0.2) is 0 Å². The molecule has 0 unspecified atom stereocenters. The third kappa shape index (κ3) is 6.82. The Morgan fingerprint density at radius 1 is 0.865 bits per heavy atom. The van der Waals surface area contributed by atoms with Crippen molar-refractivity contribution in [2.75, 3.05) is 55.0 Å². The Bertz CT molecular complexity index is 1200. The van der Waals surface area contributed by atoms with Crippen LogP contribution in [0.5, 0.6) is 5.75 Å². The molecule has 1 saturated heterocycles. The predicted molar refractivity (Wildman–Crippen MR) is 150 cm³/mol. The highest BCUT2D eigenvalue weighted by Crippen LogP contribution is 2.31. The van der Waals surface area contributed by atoms with Crippen LogP contribution in [-0.2, 0) is 11.2 Å². The van der Waals surface area contributed by atoms with Gasteiger partial charge < -0.3 is 25.2 Å². The van der Waals surface area contributed by atoms with Crippen molar-refractivity contribution in [2.24, 2.45) is 5.92 Å². The van der Waals surface area contributed by atoms with Crippen LogP contribution >= 0.6 is 0 Å². The molecule has 1 aliphatic rings. The van der Waals surface area contributed by atoms with Gasteiger partial charge in [0, 0.05) is 44.1 Å². The fourth-order valence-corrected chi connectivity index (χ4v) is 4.53. The van der Waals surface area contributed by atoms with Crippen LogP contribution in [0.2, 0.25) is 0 Å². The standard InChI is InChI=1S/C30H36N4O3/c1-22(2)21-31-30(36)25-20-24(32-29(35)19-23-9-5-4-6-10-23)13-14-26(25)33-15-17-34(18-16-33)27-11-7-8-12-28(27)37-3/h4-14,20,22H,15-19,21H2,1-3H3,(H,31,36)(H,32,35). The monoisotopic (exact) mass is 500 g/mol. The van der Waals surface area contributed by atoms with Crippen molar-refractivity contribution >= 4 is 28.9 Å². The Morgan fingerprint density at radius 2 is 1.51 bits per heavy atom. The first kappa shape index (κ1) is 26.1. The van der Waals surface area contributed by atoms with Crippen LogP contribution in [0.1, 0.15) is 29.8 Å². The third-order valence-electron chi connectivity index (χ3n) is 6.45. The molecule has 0 bridgehead atoms. The number of anilines is 3. The number of hydrogen-bond acceptors (Lipinski definition) is 5. The molecule has 1 heterocycles. The molecule has 7 nitrogen and oxygen atoms in total. The number of amides is 2. The number of ether oxygens (including phenoxy) is 1. The lowest BCUT2D eigenvalue weighted by molar-refractivity contribution is -0.115. The van der Waals surface area contributed by atoms with Gasteiger partial charge in [0.05, 0.1) is 24.8 Å². The van der Waals surface area contributed by atoms with Gasteiger partial charge in [0.2, 0.25) is 5.91 Å². The van der Waals surface area contributed by atoms with Crippen LogP contribution < -0.4 is 25.2 Å². The molecule has 0 atom stereocenters. The Morgan fingerprint density at radius 3 is 2.19 bits per heavy atom. The van der Waals surface area contributed by atoms with E-state index in [0.717, 1.165) is 48.9 Å². The van der Waals surface area contributed by atoms with Gasteiger partial charge in [0.25, 0.3) is 5.91 Å². The molecule has 194 valence electrons. The van der Waals surface area contributed by atoms with Gasteiger partial charge >= 0.3 is 0 Å². The van der Waals surface area contributed by atoms with Crippen molar-refractivity contribution < 1.29 is 14.3 Å². The van der Waals surface area contributed by atoms with E-state index in [0.29, 0.717) is 23.7 Å². The van der Waals surface area contributed by atoms with E-state index >= 15 is 0 Å². The normalized spacial score (nSPS) is 13.4. The number of para-hydroxylation sites is 2. The lowest BCUT2D eigenvalue weighted by atomic mass is 10.1. The molecule has 0 saturated carbocycles. The molecular weight excluding hydrogens is 464 g/mol. The zero-order valence-corrected chi connectivity index (χ0v) is 21.9. The van der Waals surface area contributed by atoms with Crippen LogP contribution in [0.15, 0.2) is 72.8 Å². The maximum absolute atomic E-state index is 13.2. The summed E-state index contributed by atoms with van der Waals surface area (Å²) in [5, 5.41) is 6.01. The largest absolute Gasteiger partial charge is 0.495 e. The van der Waals surface area contributed by atoms with E-state index in [1.807, 2.05) is 60.7 Å². The Hall–Kier alpha value is -4.00. The lowest BCUT2D eigenvalue weighted by Gasteiger charge is -2.38. The Labute approximate surface area is 219 Å². The molecule has 7 heteroatoms. The van der Waals surface area contributed by atoms with Gasteiger partial charge in [-0.05, 0) is 41.8 Å². The molecule has 0 aliphatic carbocycles. The molecule has 3 aromatic rings. The molecular formula is C30H36N4O3. The van der Waals surface area contributed by atoms with Crippen molar-refractivity contribution in [3.63, 3.8) is 0 Å². The smallest absolute Gasteiger partial charge is 0.253 e. The topological polar surface area (TPSA) is 73.9 Å². The quantitative estimate of drug-likeness (QED) is 0.450. The maximum atomic E-state index is 13.2. The van der Waals surface area contributed by atoms with E-state index in [2.05, 4.69) is 40.3 Å². The second kappa shape index (κ2) is 12.3. The molecule has 2 N–H and O–H groups in total. The summed E-state index contributed by atoms with van der Waals surface area (Å²) in [6.45, 7) is 7.87. The van der Waals surface area contributed by atoms with Gasteiger partial charge in [-0.2, -0.15) is 0 Å². The Balaban J connectivity index is 1.51. The summed E-state index contributed by atoms with van der Waals surface area (Å²) in [5.74, 6) is 0.957. The number of benzene rings is 3. The number of carbonyl (C=O) groups is 2. The number of piperazine rings is 1. The average molecular weight is 501 g/mol. The lowest BCUT2D eigenvalue weighted by Crippen LogP contribution is -2.47. The predicted octanol–water partition coefficient (Wildman–Crippen LogP) is 4.59. The number of rotatable bonds is 9. The summed E-state index contributed by atoms with van der Waals surface area (Å²) in [4.78, 5) is 30.4. The van der Waals surface area contributed by atoms with E-state index < -0.39 is 0 Å². The summed E-state index contributed by atoms with van der Waals surface area (Å²) in [7, 11) is 1.69. The number of methoxy groups -OCH3 is 1. The molecule has 0 radical (unpaired) electrons. The van der Waals surface area contributed by atoms with Gasteiger partial charge in [-0.3, -0.25) is 9.59 Å². The number of hydrogen-bond donors (Lipinski definition) is 2. The van der Waals surface area contributed by atoms with Gasteiger partial charge in [-0.15, -0.1) is 0 Å². The van der Waals surface area contributed by atoms with Crippen LogP contribution in [-0.4, -0.2) is 51.6 Å². The first-order valence-electron chi connectivity index (χ1n) is 12.8. The summed E-state index contributed by atoms with van der Waals surface area (Å²) >= 11 is 0. The minimum absolute atomic E-state index is 0.113. The number of carbonyl (C=O) groups excluding carboxylic acids is 2. The van der Waals surface area contributed by atoms with E-state index in [-0.39, 0.29) is 18.2 Å². The van der Waals surface area contributed by atoms with E-state index in [9.17, 15) is 9.59 Å². The van der Waals surface area contributed by atoms with Crippen LogP contribution in [0, 0.1) is 5.92 Å². The number of nitrogens with zero attached hydrogens (tertiary/aromatic N) is 2. The van der Waals surface area contributed by atoms with Crippen LogP contribution in [0.25, 0.3) is 0 Å². The molecule has 0 spiro atoms. The van der Waals surface area contributed by atoms with Crippen molar-refractivity contribution in [3.05, 3.63) is 83.9 Å². The molecule has 37 heavy (non-hydrogen) atoms. The van der Waals surface area contributed by atoms with E-state index in [1.165, 1.54) is 0 Å². The minimum atomic E-state index is -0.130. The van der Waals surface area contributed by atoms with E-state index in [1.54, 1.807) is 13.2 Å². The van der Waals surface area contributed by atoms with Crippen molar-refractivity contribution in [1.29, 1.82) is 0 Å². The second-order valence-electron chi connectivity index (χ2n) is 9.69. The van der Waals surface area contributed by atoms with Crippen LogP contribution in [0.4, 0.5) is 17.1 Å². The SMILES string of the molecule is COc1ccccc1N1CCN(c2ccc(NC(=O)Cc3ccccc3)cc2C(=O)NCC(C)C)CC1. The number of nitrogens with one attached hydrogen (secondary N) is 2. The highest BCUT2D eigenvalue weighted by molar-refractivity contribution is 6.02. The van der Waals surface area contributed by atoms with Crippen molar-refractivity contribution in [1.82, 2.24) is 5.32 Å². The zero-order valence-electron chi connectivity index (χ0n) is 21.9. The summed E-state index contributed by atoms with van der Waals surface area (Å²) in [6.07, 6.45) is 0.280. The summed E-state index contributed by atoms with van der Waals surface area (Å²) < 4.78 is 5.55. The van der Waals surface area contributed by atoms with Gasteiger partial charge in [-0.25, -0.2) is 0 Å². The average Bonchev–Trinajstić information content (AvgIpc) is 2.92. The molecule has 1 fully saturated rings. The first-order chi connectivity index (χ1) is 17.9. The molecule has 3 aromatic carbocycles. The Kier molecular flexibility index (Phi) is 8.67. The minimum Gasteiger partial charge on any atom is -0.495 e. The van der Waals surface area contributed by atoms with Gasteiger partial charge in [0.1, 0.15) is 5.75 Å². The molecule has 4 rings (SSSR count). The van der Waals surface area contributed by atoms with E-state index in [4.69, 9.17) is 4.74 Å². The highest BCUT2D eigenvalue weighted by Gasteiger charge is 2.24.